The predicted molar refractivity (Wildman–Crippen MR) is 81.1 cm³/mol. The zero-order valence-corrected chi connectivity index (χ0v) is 12.6. The number of carbonyl (C=O) groups is 1. The van der Waals surface area contributed by atoms with Crippen molar-refractivity contribution in [3.63, 3.8) is 0 Å². The molecule has 0 aromatic heterocycles. The number of nitrogens with zero attached hydrogens (tertiary/aromatic N) is 1. The van der Waals surface area contributed by atoms with Gasteiger partial charge in [0.1, 0.15) is 5.82 Å². The lowest BCUT2D eigenvalue weighted by molar-refractivity contribution is -0.135. The summed E-state index contributed by atoms with van der Waals surface area (Å²) in [5.41, 5.74) is -0.410. The van der Waals surface area contributed by atoms with E-state index < -0.39 is 5.60 Å². The lowest BCUT2D eigenvalue weighted by Gasteiger charge is -2.33. The summed E-state index contributed by atoms with van der Waals surface area (Å²) in [5, 5.41) is 10.1. The van der Waals surface area contributed by atoms with Crippen molar-refractivity contribution in [1.82, 2.24) is 4.90 Å². The largest absolute Gasteiger partial charge is 0.388 e. The zero-order chi connectivity index (χ0) is 15.5. The van der Waals surface area contributed by atoms with E-state index in [0.717, 1.165) is 12.8 Å². The number of hydrogen-bond acceptors (Lipinski definition) is 2. The van der Waals surface area contributed by atoms with Crippen molar-refractivity contribution < 1.29 is 14.3 Å². The van der Waals surface area contributed by atoms with Crippen LogP contribution in [0.15, 0.2) is 30.3 Å². The molecule has 1 amide bonds. The van der Waals surface area contributed by atoms with E-state index in [9.17, 15) is 14.3 Å². The minimum atomic E-state index is -0.887. The van der Waals surface area contributed by atoms with Gasteiger partial charge in [0, 0.05) is 18.5 Å². The van der Waals surface area contributed by atoms with Crippen LogP contribution in [0.1, 0.15) is 38.7 Å². The third-order valence-corrected chi connectivity index (χ3v) is 3.88. The molecule has 0 spiro atoms. The average molecular weight is 291 g/mol. The minimum Gasteiger partial charge on any atom is -0.388 e. The first kappa shape index (κ1) is 15.7. The Kier molecular flexibility index (Phi) is 4.78. The van der Waals surface area contributed by atoms with Gasteiger partial charge in [-0.15, -0.1) is 0 Å². The van der Waals surface area contributed by atoms with Crippen LogP contribution in [0.5, 0.6) is 0 Å². The van der Waals surface area contributed by atoms with Crippen LogP contribution in [-0.4, -0.2) is 34.1 Å². The fourth-order valence-corrected chi connectivity index (χ4v) is 2.81. The highest BCUT2D eigenvalue weighted by Gasteiger charge is 2.37. The number of aliphatic hydroxyl groups is 1. The third kappa shape index (κ3) is 3.91. The Hall–Kier alpha value is -1.68. The summed E-state index contributed by atoms with van der Waals surface area (Å²) in [4.78, 5) is 14.0. The molecule has 1 unspecified atom stereocenters. The van der Waals surface area contributed by atoms with Crippen molar-refractivity contribution in [1.29, 1.82) is 0 Å². The summed E-state index contributed by atoms with van der Waals surface area (Å²) in [6, 6.07) is 6.33. The number of rotatable bonds is 4. The second-order valence-corrected chi connectivity index (χ2v) is 6.03. The summed E-state index contributed by atoms with van der Waals surface area (Å²) in [6.45, 7) is 4.15. The van der Waals surface area contributed by atoms with Gasteiger partial charge in [0.25, 0.3) is 0 Å². The molecule has 2 rings (SSSR count). The SMILES string of the molecule is CC(C)(O)C1CCCN1C(=O)C/C=C/c1ccccc1F. The van der Waals surface area contributed by atoms with Crippen molar-refractivity contribution in [2.24, 2.45) is 0 Å². The topological polar surface area (TPSA) is 40.5 Å². The first-order chi connectivity index (χ1) is 9.89. The number of likely N-dealkylation sites (tertiary alicyclic amines) is 1. The molecule has 1 atom stereocenters. The van der Waals surface area contributed by atoms with Crippen LogP contribution in [0.25, 0.3) is 6.08 Å². The molecule has 1 saturated heterocycles. The number of halogens is 1. The fourth-order valence-electron chi connectivity index (χ4n) is 2.81. The smallest absolute Gasteiger partial charge is 0.226 e. The molecule has 21 heavy (non-hydrogen) atoms. The maximum atomic E-state index is 13.5. The molecular weight excluding hydrogens is 269 g/mol. The molecule has 1 heterocycles. The standard InChI is InChI=1S/C17H22FNO2/c1-17(2,21)15-10-6-12-19(15)16(20)11-5-8-13-7-3-4-9-14(13)18/h3-5,7-9,15,21H,6,10-12H2,1-2H3/b8-5+. The normalized spacial score (nSPS) is 19.4. The molecule has 1 N–H and O–H groups in total. The second kappa shape index (κ2) is 6.39. The monoisotopic (exact) mass is 291 g/mol. The van der Waals surface area contributed by atoms with E-state index in [1.807, 2.05) is 0 Å². The molecule has 1 aromatic carbocycles. The van der Waals surface area contributed by atoms with Crippen LogP contribution in [0.3, 0.4) is 0 Å². The quantitative estimate of drug-likeness (QED) is 0.926. The van der Waals surface area contributed by atoms with Crippen LogP contribution >= 0.6 is 0 Å². The van der Waals surface area contributed by atoms with Gasteiger partial charge in [-0.1, -0.05) is 30.4 Å². The number of hydrogen-bond donors (Lipinski definition) is 1. The Labute approximate surface area is 125 Å². The molecule has 1 aliphatic rings. The van der Waals surface area contributed by atoms with Gasteiger partial charge in [0.05, 0.1) is 11.6 Å². The van der Waals surface area contributed by atoms with Crippen LogP contribution in [-0.2, 0) is 4.79 Å². The van der Waals surface area contributed by atoms with Crippen molar-refractivity contribution in [3.8, 4) is 0 Å². The maximum absolute atomic E-state index is 13.5. The highest BCUT2D eigenvalue weighted by molar-refractivity contribution is 5.79. The van der Waals surface area contributed by atoms with Crippen molar-refractivity contribution in [2.75, 3.05) is 6.54 Å². The summed E-state index contributed by atoms with van der Waals surface area (Å²) in [6.07, 6.45) is 5.27. The molecule has 0 bridgehead atoms. The Morgan fingerprint density at radius 1 is 1.48 bits per heavy atom. The molecule has 1 fully saturated rings. The van der Waals surface area contributed by atoms with Crippen molar-refractivity contribution >= 4 is 12.0 Å². The van der Waals surface area contributed by atoms with E-state index in [2.05, 4.69) is 0 Å². The third-order valence-electron chi connectivity index (χ3n) is 3.88. The van der Waals surface area contributed by atoms with Crippen LogP contribution in [0, 0.1) is 5.82 Å². The molecule has 0 aliphatic carbocycles. The summed E-state index contributed by atoms with van der Waals surface area (Å²) < 4.78 is 13.5. The minimum absolute atomic E-state index is 0.0211. The first-order valence-corrected chi connectivity index (χ1v) is 7.32. The average Bonchev–Trinajstić information content (AvgIpc) is 2.90. The molecule has 0 saturated carbocycles. The zero-order valence-electron chi connectivity index (χ0n) is 12.6. The number of amides is 1. The van der Waals surface area contributed by atoms with E-state index in [-0.39, 0.29) is 24.2 Å². The molecule has 3 nitrogen and oxygen atoms in total. The molecule has 1 aliphatic heterocycles. The van der Waals surface area contributed by atoms with Gasteiger partial charge in [-0.2, -0.15) is 0 Å². The highest BCUT2D eigenvalue weighted by atomic mass is 19.1. The van der Waals surface area contributed by atoms with Crippen LogP contribution < -0.4 is 0 Å². The summed E-state index contributed by atoms with van der Waals surface area (Å²) in [5.74, 6) is -0.316. The molecule has 114 valence electrons. The van der Waals surface area contributed by atoms with Gasteiger partial charge in [0.15, 0.2) is 0 Å². The maximum Gasteiger partial charge on any atom is 0.226 e. The first-order valence-electron chi connectivity index (χ1n) is 7.32. The Bertz CT molecular complexity index is 534. The van der Waals surface area contributed by atoms with Gasteiger partial charge >= 0.3 is 0 Å². The lowest BCUT2D eigenvalue weighted by atomic mass is 9.96. The Balaban J connectivity index is 1.97. The highest BCUT2D eigenvalue weighted by Crippen LogP contribution is 2.27. The van der Waals surface area contributed by atoms with Gasteiger partial charge in [-0.05, 0) is 32.8 Å². The molecule has 1 aromatic rings. The van der Waals surface area contributed by atoms with Gasteiger partial charge in [-0.25, -0.2) is 4.39 Å². The Morgan fingerprint density at radius 3 is 2.86 bits per heavy atom. The Morgan fingerprint density at radius 2 is 2.19 bits per heavy atom. The van der Waals surface area contributed by atoms with Crippen molar-refractivity contribution in [2.45, 2.75) is 44.8 Å². The van der Waals surface area contributed by atoms with E-state index in [4.69, 9.17) is 0 Å². The van der Waals surface area contributed by atoms with E-state index in [1.165, 1.54) is 6.07 Å². The molecular formula is C17H22FNO2. The van der Waals surface area contributed by atoms with Crippen molar-refractivity contribution in [3.05, 3.63) is 41.7 Å². The summed E-state index contributed by atoms with van der Waals surface area (Å²) in [7, 11) is 0. The number of benzene rings is 1. The van der Waals surface area contributed by atoms with Crippen LogP contribution in [0.4, 0.5) is 4.39 Å². The fraction of sp³-hybridized carbons (Fsp3) is 0.471. The number of carbonyl (C=O) groups excluding carboxylic acids is 1. The predicted octanol–water partition coefficient (Wildman–Crippen LogP) is 2.99. The second-order valence-electron chi connectivity index (χ2n) is 6.03. The summed E-state index contributed by atoms with van der Waals surface area (Å²) >= 11 is 0. The van der Waals surface area contributed by atoms with Gasteiger partial charge < -0.3 is 10.0 Å². The van der Waals surface area contributed by atoms with Gasteiger partial charge in [-0.3, -0.25) is 4.79 Å². The molecule has 0 radical (unpaired) electrons. The van der Waals surface area contributed by atoms with E-state index in [0.29, 0.717) is 12.1 Å². The lowest BCUT2D eigenvalue weighted by Crippen LogP contribution is -2.48. The molecule has 4 heteroatoms. The van der Waals surface area contributed by atoms with Gasteiger partial charge in [0.2, 0.25) is 5.91 Å². The van der Waals surface area contributed by atoms with E-state index in [1.54, 1.807) is 49.1 Å². The van der Waals surface area contributed by atoms with Crippen LogP contribution in [0.2, 0.25) is 0 Å². The van der Waals surface area contributed by atoms with E-state index >= 15 is 0 Å².